The second-order valence-corrected chi connectivity index (χ2v) is 4.36. The topological polar surface area (TPSA) is 20.3 Å². The number of rotatable bonds is 3. The largest absolute Gasteiger partial charge is 0.338 e. The first-order chi connectivity index (χ1) is 6.03. The highest BCUT2D eigenvalue weighted by Crippen LogP contribution is 2.38. The number of amides is 1. The van der Waals surface area contributed by atoms with E-state index in [9.17, 15) is 4.79 Å². The van der Waals surface area contributed by atoms with Gasteiger partial charge in [-0.3, -0.25) is 4.79 Å². The zero-order valence-corrected chi connectivity index (χ0v) is 8.84. The molecule has 0 aromatic carbocycles. The second kappa shape index (κ2) is 3.52. The van der Waals surface area contributed by atoms with E-state index in [1.54, 1.807) is 0 Å². The molecule has 2 nitrogen and oxygen atoms in total. The van der Waals surface area contributed by atoms with E-state index < -0.39 is 0 Å². The van der Waals surface area contributed by atoms with Gasteiger partial charge in [-0.05, 0) is 12.0 Å². The molecule has 0 radical (unpaired) electrons. The summed E-state index contributed by atoms with van der Waals surface area (Å²) < 4.78 is 0. The maximum Gasteiger partial charge on any atom is 0.245 e. The van der Waals surface area contributed by atoms with E-state index in [0.29, 0.717) is 11.3 Å². The molecule has 0 aromatic rings. The molecule has 1 aliphatic rings. The normalized spacial score (nSPS) is 21.9. The Balaban J connectivity index is 2.47. The van der Waals surface area contributed by atoms with Crippen LogP contribution >= 0.6 is 0 Å². The zero-order valence-electron chi connectivity index (χ0n) is 8.84. The van der Waals surface area contributed by atoms with Crippen LogP contribution in [0.15, 0.2) is 12.7 Å². The predicted molar refractivity (Wildman–Crippen MR) is 54.3 cm³/mol. The Labute approximate surface area is 80.6 Å². The van der Waals surface area contributed by atoms with Gasteiger partial charge in [0.15, 0.2) is 0 Å². The van der Waals surface area contributed by atoms with Gasteiger partial charge in [-0.25, -0.2) is 0 Å². The van der Waals surface area contributed by atoms with Crippen LogP contribution < -0.4 is 0 Å². The summed E-state index contributed by atoms with van der Waals surface area (Å²) in [4.78, 5) is 13.1. The fraction of sp³-hybridized carbons (Fsp3) is 0.727. The molecule has 1 rings (SSSR count). The summed E-state index contributed by atoms with van der Waals surface area (Å²) in [5.74, 6) is 0.766. The van der Waals surface area contributed by atoms with Crippen molar-refractivity contribution in [2.24, 2.45) is 11.3 Å². The average Bonchev–Trinajstić information content (AvgIpc) is 2.10. The monoisotopic (exact) mass is 181 g/mol. The highest BCUT2D eigenvalue weighted by Gasteiger charge is 2.43. The van der Waals surface area contributed by atoms with Gasteiger partial charge in [0, 0.05) is 18.5 Å². The van der Waals surface area contributed by atoms with Gasteiger partial charge in [-0.1, -0.05) is 33.8 Å². The van der Waals surface area contributed by atoms with Crippen molar-refractivity contribution in [2.75, 3.05) is 13.1 Å². The number of nitrogens with zero attached hydrogens (tertiary/aromatic N) is 1. The lowest BCUT2D eigenvalue weighted by Crippen LogP contribution is -2.59. The van der Waals surface area contributed by atoms with Crippen molar-refractivity contribution in [2.45, 2.75) is 27.2 Å². The molecule has 0 aliphatic carbocycles. The SMILES string of the molecule is C=CC(=O)N1CC(C)(C(C)CC)C1. The van der Waals surface area contributed by atoms with E-state index in [-0.39, 0.29) is 5.91 Å². The summed E-state index contributed by atoms with van der Waals surface area (Å²) in [6.07, 6.45) is 2.59. The van der Waals surface area contributed by atoms with E-state index in [4.69, 9.17) is 0 Å². The van der Waals surface area contributed by atoms with Gasteiger partial charge in [-0.15, -0.1) is 0 Å². The van der Waals surface area contributed by atoms with E-state index in [1.807, 2.05) is 4.90 Å². The van der Waals surface area contributed by atoms with Crippen molar-refractivity contribution in [3.8, 4) is 0 Å². The molecule has 0 N–H and O–H groups in total. The van der Waals surface area contributed by atoms with Crippen molar-refractivity contribution >= 4 is 5.91 Å². The highest BCUT2D eigenvalue weighted by molar-refractivity contribution is 5.87. The third-order valence-corrected chi connectivity index (χ3v) is 3.39. The zero-order chi connectivity index (χ0) is 10.1. The smallest absolute Gasteiger partial charge is 0.245 e. The van der Waals surface area contributed by atoms with Crippen molar-refractivity contribution in [3.05, 3.63) is 12.7 Å². The Bertz CT molecular complexity index is 216. The van der Waals surface area contributed by atoms with Gasteiger partial charge in [0.2, 0.25) is 5.91 Å². The van der Waals surface area contributed by atoms with Crippen LogP contribution in [0.1, 0.15) is 27.2 Å². The molecule has 0 bridgehead atoms. The lowest BCUT2D eigenvalue weighted by atomic mass is 9.70. The molecule has 1 heterocycles. The summed E-state index contributed by atoms with van der Waals surface area (Å²) in [6, 6.07) is 0. The standard InChI is InChI=1S/C11H19NO/c1-5-9(3)11(4)7-12(8-11)10(13)6-2/h6,9H,2,5,7-8H2,1,3-4H3. The van der Waals surface area contributed by atoms with Crippen LogP contribution in [-0.4, -0.2) is 23.9 Å². The fourth-order valence-corrected chi connectivity index (χ4v) is 1.92. The molecule has 1 atom stereocenters. The molecular weight excluding hydrogens is 162 g/mol. The molecule has 1 fully saturated rings. The number of hydrogen-bond acceptors (Lipinski definition) is 1. The molecule has 74 valence electrons. The van der Waals surface area contributed by atoms with E-state index >= 15 is 0 Å². The minimum Gasteiger partial charge on any atom is -0.338 e. The van der Waals surface area contributed by atoms with Gasteiger partial charge in [-0.2, -0.15) is 0 Å². The van der Waals surface area contributed by atoms with Crippen LogP contribution in [0.3, 0.4) is 0 Å². The molecule has 1 aliphatic heterocycles. The van der Waals surface area contributed by atoms with Crippen LogP contribution in [0.5, 0.6) is 0 Å². The molecule has 0 aromatic heterocycles. The Morgan fingerprint density at radius 1 is 1.69 bits per heavy atom. The summed E-state index contributed by atoms with van der Waals surface area (Å²) in [5.41, 5.74) is 0.341. The Kier molecular flexibility index (Phi) is 2.79. The summed E-state index contributed by atoms with van der Waals surface area (Å²) >= 11 is 0. The number of hydrogen-bond donors (Lipinski definition) is 0. The van der Waals surface area contributed by atoms with Crippen LogP contribution in [0.4, 0.5) is 0 Å². The lowest BCUT2D eigenvalue weighted by Gasteiger charge is -2.51. The maximum atomic E-state index is 11.2. The molecule has 0 saturated carbocycles. The summed E-state index contributed by atoms with van der Waals surface area (Å²) in [7, 11) is 0. The second-order valence-electron chi connectivity index (χ2n) is 4.36. The molecule has 1 saturated heterocycles. The molecule has 1 amide bonds. The van der Waals surface area contributed by atoms with Crippen LogP contribution in [0, 0.1) is 11.3 Å². The van der Waals surface area contributed by atoms with E-state index in [0.717, 1.165) is 13.1 Å². The lowest BCUT2D eigenvalue weighted by molar-refractivity contribution is -0.140. The van der Waals surface area contributed by atoms with Crippen molar-refractivity contribution in [3.63, 3.8) is 0 Å². The average molecular weight is 181 g/mol. The molecular formula is C11H19NO. The highest BCUT2D eigenvalue weighted by atomic mass is 16.2. The van der Waals surface area contributed by atoms with Gasteiger partial charge in [0.25, 0.3) is 0 Å². The Morgan fingerprint density at radius 3 is 2.62 bits per heavy atom. The minimum absolute atomic E-state index is 0.0702. The maximum absolute atomic E-state index is 11.2. The van der Waals surface area contributed by atoms with Crippen LogP contribution in [-0.2, 0) is 4.79 Å². The van der Waals surface area contributed by atoms with Crippen LogP contribution in [0.2, 0.25) is 0 Å². The van der Waals surface area contributed by atoms with Crippen LogP contribution in [0.25, 0.3) is 0 Å². The minimum atomic E-state index is 0.0702. The quantitative estimate of drug-likeness (QED) is 0.610. The molecule has 13 heavy (non-hydrogen) atoms. The van der Waals surface area contributed by atoms with Gasteiger partial charge >= 0.3 is 0 Å². The number of carbonyl (C=O) groups is 1. The van der Waals surface area contributed by atoms with Crippen molar-refractivity contribution in [1.29, 1.82) is 0 Å². The summed E-state index contributed by atoms with van der Waals surface area (Å²) in [5, 5.41) is 0. The van der Waals surface area contributed by atoms with E-state index in [2.05, 4.69) is 27.4 Å². The van der Waals surface area contributed by atoms with Crippen molar-refractivity contribution < 1.29 is 4.79 Å². The molecule has 2 heteroatoms. The summed E-state index contributed by atoms with van der Waals surface area (Å²) in [6.45, 7) is 12.0. The third-order valence-electron chi connectivity index (χ3n) is 3.39. The fourth-order valence-electron chi connectivity index (χ4n) is 1.92. The number of carbonyl (C=O) groups excluding carboxylic acids is 1. The first kappa shape index (κ1) is 10.3. The van der Waals surface area contributed by atoms with E-state index in [1.165, 1.54) is 12.5 Å². The first-order valence-corrected chi connectivity index (χ1v) is 4.95. The molecule has 0 spiro atoms. The predicted octanol–water partition coefficient (Wildman–Crippen LogP) is 2.07. The van der Waals surface area contributed by atoms with Crippen molar-refractivity contribution in [1.82, 2.24) is 4.90 Å². The van der Waals surface area contributed by atoms with Gasteiger partial charge < -0.3 is 4.90 Å². The number of likely N-dealkylation sites (tertiary alicyclic amines) is 1. The Hall–Kier alpha value is -0.790. The first-order valence-electron chi connectivity index (χ1n) is 4.95. The van der Waals surface area contributed by atoms with Gasteiger partial charge in [0.1, 0.15) is 0 Å². The molecule has 1 unspecified atom stereocenters. The van der Waals surface area contributed by atoms with Gasteiger partial charge in [0.05, 0.1) is 0 Å². The Morgan fingerprint density at radius 2 is 2.23 bits per heavy atom. The third kappa shape index (κ3) is 1.77.